The van der Waals surface area contributed by atoms with Gasteiger partial charge in [0.15, 0.2) is 0 Å². The van der Waals surface area contributed by atoms with Gasteiger partial charge < -0.3 is 25.6 Å². The Kier molecular flexibility index (Phi) is 7.72. The number of carbonyl (C=O) groups excluding carboxylic acids is 1. The Hall–Kier alpha value is -2.28. The molecule has 2 aromatic carbocycles. The molecule has 26 heavy (non-hydrogen) atoms. The Balaban J connectivity index is 1.61. The molecule has 1 atom stereocenters. The second kappa shape index (κ2) is 10.0. The summed E-state index contributed by atoms with van der Waals surface area (Å²) in [6.07, 6.45) is -0.665. The van der Waals surface area contributed by atoms with E-state index in [1.54, 1.807) is 30.3 Å². The quantitative estimate of drug-likeness (QED) is 0.551. The predicted octanol–water partition coefficient (Wildman–Crippen LogP) is 2.16. The number of rotatable bonds is 10. The van der Waals surface area contributed by atoms with Gasteiger partial charge in [-0.15, -0.1) is 0 Å². The minimum Gasteiger partial charge on any atom is -0.492 e. The van der Waals surface area contributed by atoms with Crippen LogP contribution in [0.2, 0.25) is 5.02 Å². The molecule has 4 N–H and O–H groups in total. The smallest absolute Gasteiger partial charge is 0.248 e. The van der Waals surface area contributed by atoms with Crippen molar-refractivity contribution in [2.75, 3.05) is 26.3 Å². The van der Waals surface area contributed by atoms with Gasteiger partial charge in [0.1, 0.15) is 30.8 Å². The number of nitrogens with one attached hydrogen (secondary N) is 1. The van der Waals surface area contributed by atoms with Crippen molar-refractivity contribution < 1.29 is 19.4 Å². The highest BCUT2D eigenvalue weighted by Crippen LogP contribution is 2.25. The van der Waals surface area contributed by atoms with Crippen molar-refractivity contribution in [2.24, 2.45) is 5.73 Å². The van der Waals surface area contributed by atoms with E-state index < -0.39 is 12.0 Å². The zero-order chi connectivity index (χ0) is 18.9. The number of halogens is 1. The predicted molar refractivity (Wildman–Crippen MR) is 101 cm³/mol. The number of aliphatic hydroxyl groups excluding tert-OH is 1. The second-order valence-electron chi connectivity index (χ2n) is 5.84. The number of nitrogens with two attached hydrogens (primary N) is 1. The molecule has 2 rings (SSSR count). The summed E-state index contributed by atoms with van der Waals surface area (Å²) in [7, 11) is 0. The van der Waals surface area contributed by atoms with Crippen molar-refractivity contribution in [1.82, 2.24) is 5.32 Å². The first-order valence-corrected chi connectivity index (χ1v) is 8.64. The molecular weight excluding hydrogens is 356 g/mol. The topological polar surface area (TPSA) is 93.8 Å². The van der Waals surface area contributed by atoms with Crippen molar-refractivity contribution in [3.05, 3.63) is 58.6 Å². The highest BCUT2D eigenvalue weighted by molar-refractivity contribution is 6.32. The number of aryl methyl sites for hydroxylation is 1. The molecule has 0 saturated carbocycles. The lowest BCUT2D eigenvalue weighted by Gasteiger charge is -2.14. The Morgan fingerprint density at radius 2 is 1.96 bits per heavy atom. The van der Waals surface area contributed by atoms with E-state index in [9.17, 15) is 9.90 Å². The minimum absolute atomic E-state index is 0.144. The summed E-state index contributed by atoms with van der Waals surface area (Å²) >= 11 is 6.05. The third-order valence-electron chi connectivity index (χ3n) is 3.58. The standard InChI is InChI=1S/C19H23ClN2O4/c1-13-2-7-17(20)18(10-13)26-12-15(23)11-22-8-9-25-16-5-3-14(4-6-16)19(21)24/h2-7,10,15,22-23H,8-9,11-12H2,1H3,(H2,21,24). The minimum atomic E-state index is -0.665. The first kappa shape index (κ1) is 20.0. The monoisotopic (exact) mass is 378 g/mol. The first-order chi connectivity index (χ1) is 12.5. The third-order valence-corrected chi connectivity index (χ3v) is 3.90. The van der Waals surface area contributed by atoms with Crippen LogP contribution in [0, 0.1) is 6.92 Å². The highest BCUT2D eigenvalue weighted by Gasteiger charge is 2.07. The lowest BCUT2D eigenvalue weighted by Crippen LogP contribution is -2.33. The fourth-order valence-electron chi connectivity index (χ4n) is 2.19. The van der Waals surface area contributed by atoms with Crippen LogP contribution in [0.25, 0.3) is 0 Å². The number of amides is 1. The number of carbonyl (C=O) groups is 1. The van der Waals surface area contributed by atoms with Crippen molar-refractivity contribution in [3.8, 4) is 11.5 Å². The maximum atomic E-state index is 11.0. The summed E-state index contributed by atoms with van der Waals surface area (Å²) in [5, 5.41) is 13.6. The van der Waals surface area contributed by atoms with Crippen molar-refractivity contribution in [2.45, 2.75) is 13.0 Å². The van der Waals surface area contributed by atoms with E-state index >= 15 is 0 Å². The molecule has 1 amide bonds. The van der Waals surface area contributed by atoms with E-state index in [1.165, 1.54) is 0 Å². The maximum Gasteiger partial charge on any atom is 0.248 e. The summed E-state index contributed by atoms with van der Waals surface area (Å²) < 4.78 is 11.1. The fraction of sp³-hybridized carbons (Fsp3) is 0.316. The molecule has 7 heteroatoms. The van der Waals surface area contributed by atoms with Crippen LogP contribution in [0.3, 0.4) is 0 Å². The van der Waals surface area contributed by atoms with Gasteiger partial charge in [-0.1, -0.05) is 17.7 Å². The third kappa shape index (κ3) is 6.55. The fourth-order valence-corrected chi connectivity index (χ4v) is 2.36. The molecule has 2 aromatic rings. The summed E-state index contributed by atoms with van der Waals surface area (Å²) in [4.78, 5) is 11.0. The summed E-state index contributed by atoms with van der Waals surface area (Å²) in [6.45, 7) is 3.44. The van der Waals surface area contributed by atoms with Crippen LogP contribution in [0.15, 0.2) is 42.5 Å². The molecule has 0 aliphatic carbocycles. The zero-order valence-corrected chi connectivity index (χ0v) is 15.3. The average molecular weight is 379 g/mol. The highest BCUT2D eigenvalue weighted by atomic mass is 35.5. The van der Waals surface area contributed by atoms with Crippen LogP contribution in [0.5, 0.6) is 11.5 Å². The van der Waals surface area contributed by atoms with Crippen LogP contribution >= 0.6 is 11.6 Å². The Labute approximate surface area is 157 Å². The van der Waals surface area contributed by atoms with Gasteiger partial charge in [0.05, 0.1) is 5.02 Å². The van der Waals surface area contributed by atoms with Gasteiger partial charge in [0.25, 0.3) is 0 Å². The van der Waals surface area contributed by atoms with Gasteiger partial charge in [-0.3, -0.25) is 4.79 Å². The maximum absolute atomic E-state index is 11.0. The zero-order valence-electron chi connectivity index (χ0n) is 14.6. The Morgan fingerprint density at radius 1 is 1.23 bits per heavy atom. The van der Waals surface area contributed by atoms with Crippen LogP contribution < -0.4 is 20.5 Å². The van der Waals surface area contributed by atoms with Gasteiger partial charge in [0.2, 0.25) is 5.91 Å². The number of primary amides is 1. The lowest BCUT2D eigenvalue weighted by atomic mass is 10.2. The first-order valence-electron chi connectivity index (χ1n) is 8.26. The van der Waals surface area contributed by atoms with Gasteiger partial charge in [0, 0.05) is 18.7 Å². The van der Waals surface area contributed by atoms with Crippen LogP contribution in [-0.2, 0) is 0 Å². The molecule has 0 aliphatic rings. The summed E-state index contributed by atoms with van der Waals surface area (Å²) in [6, 6.07) is 12.1. The van der Waals surface area contributed by atoms with Crippen LogP contribution in [0.1, 0.15) is 15.9 Å². The van der Waals surface area contributed by atoms with E-state index in [-0.39, 0.29) is 6.61 Å². The van der Waals surface area contributed by atoms with Crippen LogP contribution in [0.4, 0.5) is 0 Å². The molecular formula is C19H23ClN2O4. The Bertz CT molecular complexity index is 722. The van der Waals surface area contributed by atoms with Gasteiger partial charge in [-0.05, 0) is 48.9 Å². The molecule has 0 fully saturated rings. The second-order valence-corrected chi connectivity index (χ2v) is 6.25. The average Bonchev–Trinajstić information content (AvgIpc) is 2.62. The molecule has 140 valence electrons. The molecule has 0 aromatic heterocycles. The number of aliphatic hydroxyl groups is 1. The number of hydrogen-bond donors (Lipinski definition) is 3. The van der Waals surface area contributed by atoms with Gasteiger partial charge in [-0.25, -0.2) is 0 Å². The van der Waals surface area contributed by atoms with E-state index in [1.807, 2.05) is 19.1 Å². The molecule has 0 aliphatic heterocycles. The van der Waals surface area contributed by atoms with Gasteiger partial charge in [-0.2, -0.15) is 0 Å². The summed E-state index contributed by atoms with van der Waals surface area (Å²) in [5.41, 5.74) is 6.66. The SMILES string of the molecule is Cc1ccc(Cl)c(OCC(O)CNCCOc2ccc(C(N)=O)cc2)c1. The lowest BCUT2D eigenvalue weighted by molar-refractivity contribution is 0.1000. The van der Waals surface area contributed by atoms with Crippen molar-refractivity contribution in [3.63, 3.8) is 0 Å². The van der Waals surface area contributed by atoms with Crippen molar-refractivity contribution in [1.29, 1.82) is 0 Å². The summed E-state index contributed by atoms with van der Waals surface area (Å²) in [5.74, 6) is 0.740. The normalized spacial score (nSPS) is 11.8. The van der Waals surface area contributed by atoms with Crippen molar-refractivity contribution >= 4 is 17.5 Å². The number of hydrogen-bond acceptors (Lipinski definition) is 5. The molecule has 0 saturated heterocycles. The molecule has 6 nitrogen and oxygen atoms in total. The molecule has 0 bridgehead atoms. The van der Waals surface area contributed by atoms with Crippen LogP contribution in [-0.4, -0.2) is 43.4 Å². The van der Waals surface area contributed by atoms with E-state index in [0.29, 0.717) is 41.8 Å². The molecule has 1 unspecified atom stereocenters. The molecule has 0 heterocycles. The van der Waals surface area contributed by atoms with E-state index in [0.717, 1.165) is 5.56 Å². The van der Waals surface area contributed by atoms with E-state index in [4.69, 9.17) is 26.8 Å². The van der Waals surface area contributed by atoms with E-state index in [2.05, 4.69) is 5.32 Å². The number of benzene rings is 2. The Morgan fingerprint density at radius 3 is 2.65 bits per heavy atom. The molecule has 0 spiro atoms. The molecule has 0 radical (unpaired) electrons. The largest absolute Gasteiger partial charge is 0.492 e. The number of ether oxygens (including phenoxy) is 2. The van der Waals surface area contributed by atoms with Gasteiger partial charge >= 0.3 is 0 Å².